The van der Waals surface area contributed by atoms with Gasteiger partial charge in [-0.2, -0.15) is 0 Å². The van der Waals surface area contributed by atoms with E-state index < -0.39 is 0 Å². The topological polar surface area (TPSA) is 64.7 Å². The van der Waals surface area contributed by atoms with Crippen LogP contribution in [-0.4, -0.2) is 49.6 Å². The molecule has 1 heterocycles. The summed E-state index contributed by atoms with van der Waals surface area (Å²) in [5.74, 6) is -0.0759. The first kappa shape index (κ1) is 20.0. The lowest BCUT2D eigenvalue weighted by molar-refractivity contribution is -0.116. The highest BCUT2D eigenvalue weighted by atomic mass is 35.5. The van der Waals surface area contributed by atoms with Crippen LogP contribution in [0.25, 0.3) is 0 Å². The van der Waals surface area contributed by atoms with Gasteiger partial charge in [0.2, 0.25) is 5.91 Å². The second-order valence-corrected chi connectivity index (χ2v) is 7.14. The van der Waals surface area contributed by atoms with Crippen molar-refractivity contribution in [2.45, 2.75) is 12.8 Å². The van der Waals surface area contributed by atoms with Crippen molar-refractivity contribution in [3.63, 3.8) is 0 Å². The molecule has 0 spiro atoms. The van der Waals surface area contributed by atoms with E-state index in [1.54, 1.807) is 24.3 Å². The Hall–Kier alpha value is -2.73. The Balaban J connectivity index is 1.31. The number of hydrogen-bond donors (Lipinski definition) is 2. The first-order chi connectivity index (χ1) is 13.6. The number of anilines is 2. The lowest BCUT2D eigenvalue weighted by Gasteiger charge is -2.36. The predicted octanol–water partition coefficient (Wildman–Crippen LogP) is 3.59. The molecule has 2 aromatic rings. The minimum Gasteiger partial charge on any atom is -0.368 e. The number of halogens is 1. The Morgan fingerprint density at radius 2 is 1.61 bits per heavy atom. The molecule has 1 aliphatic rings. The van der Waals surface area contributed by atoms with Crippen molar-refractivity contribution in [3.8, 4) is 0 Å². The normalized spacial score (nSPS) is 13.9. The number of para-hydroxylation sites is 1. The SMILES string of the molecule is O=C(CCCNC(=O)N1CCN(c2ccccc2)CC1)Nc1ccc(Cl)cc1. The molecule has 2 aromatic carbocycles. The van der Waals surface area contributed by atoms with Crippen LogP contribution in [0.3, 0.4) is 0 Å². The van der Waals surface area contributed by atoms with Gasteiger partial charge in [0.15, 0.2) is 0 Å². The van der Waals surface area contributed by atoms with Crippen molar-refractivity contribution in [2.24, 2.45) is 0 Å². The molecule has 6 nitrogen and oxygen atoms in total. The molecule has 0 bridgehead atoms. The van der Waals surface area contributed by atoms with Crippen molar-refractivity contribution in [3.05, 3.63) is 59.6 Å². The van der Waals surface area contributed by atoms with Crippen LogP contribution >= 0.6 is 11.6 Å². The molecular formula is C21H25ClN4O2. The second-order valence-electron chi connectivity index (χ2n) is 6.70. The summed E-state index contributed by atoms with van der Waals surface area (Å²) < 4.78 is 0. The maximum atomic E-state index is 12.3. The average Bonchev–Trinajstić information content (AvgIpc) is 2.73. The van der Waals surface area contributed by atoms with Crippen LogP contribution in [0.1, 0.15) is 12.8 Å². The zero-order valence-electron chi connectivity index (χ0n) is 15.7. The predicted molar refractivity (Wildman–Crippen MR) is 113 cm³/mol. The standard InChI is InChI=1S/C21H25ClN4O2/c22-17-8-10-18(11-9-17)24-20(27)7-4-12-23-21(28)26-15-13-25(14-16-26)19-5-2-1-3-6-19/h1-3,5-6,8-11H,4,7,12-16H2,(H,23,28)(H,24,27). The second kappa shape index (κ2) is 9.99. The van der Waals surface area contributed by atoms with E-state index in [9.17, 15) is 9.59 Å². The maximum Gasteiger partial charge on any atom is 0.317 e. The van der Waals surface area contributed by atoms with Gasteiger partial charge in [-0.1, -0.05) is 29.8 Å². The highest BCUT2D eigenvalue weighted by molar-refractivity contribution is 6.30. The molecular weight excluding hydrogens is 376 g/mol. The fraction of sp³-hybridized carbons (Fsp3) is 0.333. The first-order valence-electron chi connectivity index (χ1n) is 9.50. The minimum absolute atomic E-state index is 0.0641. The van der Waals surface area contributed by atoms with Crippen molar-refractivity contribution in [1.82, 2.24) is 10.2 Å². The van der Waals surface area contributed by atoms with Gasteiger partial charge in [0, 0.05) is 55.5 Å². The zero-order chi connectivity index (χ0) is 19.8. The molecule has 3 amide bonds. The number of piperazine rings is 1. The third kappa shape index (κ3) is 5.89. The smallest absolute Gasteiger partial charge is 0.317 e. The third-order valence-electron chi connectivity index (χ3n) is 4.67. The van der Waals surface area contributed by atoms with Crippen LogP contribution < -0.4 is 15.5 Å². The fourth-order valence-electron chi connectivity index (χ4n) is 3.12. The summed E-state index contributed by atoms with van der Waals surface area (Å²) in [4.78, 5) is 28.3. The lowest BCUT2D eigenvalue weighted by Crippen LogP contribution is -2.52. The summed E-state index contributed by atoms with van der Waals surface area (Å²) in [5.41, 5.74) is 1.91. The number of nitrogens with one attached hydrogen (secondary N) is 2. The van der Waals surface area contributed by atoms with Crippen LogP contribution in [0.15, 0.2) is 54.6 Å². The van der Waals surface area contributed by atoms with Gasteiger partial charge < -0.3 is 20.4 Å². The van der Waals surface area contributed by atoms with Crippen LogP contribution in [0, 0.1) is 0 Å². The van der Waals surface area contributed by atoms with Crippen LogP contribution in [0.4, 0.5) is 16.2 Å². The van der Waals surface area contributed by atoms with E-state index in [1.807, 2.05) is 23.1 Å². The van der Waals surface area contributed by atoms with E-state index in [0.717, 1.165) is 18.8 Å². The Bertz CT molecular complexity index is 775. The van der Waals surface area contributed by atoms with Gasteiger partial charge in [-0.25, -0.2) is 4.79 Å². The Labute approximate surface area is 170 Å². The highest BCUT2D eigenvalue weighted by Gasteiger charge is 2.20. The van der Waals surface area contributed by atoms with Gasteiger partial charge in [-0.15, -0.1) is 0 Å². The molecule has 148 valence electrons. The molecule has 0 atom stereocenters. The van der Waals surface area contributed by atoms with E-state index in [-0.39, 0.29) is 11.9 Å². The van der Waals surface area contributed by atoms with Crippen LogP contribution in [0.5, 0.6) is 0 Å². The molecule has 0 unspecified atom stereocenters. The number of hydrogen-bond acceptors (Lipinski definition) is 3. The molecule has 2 N–H and O–H groups in total. The average molecular weight is 401 g/mol. The number of nitrogens with zero attached hydrogens (tertiary/aromatic N) is 2. The summed E-state index contributed by atoms with van der Waals surface area (Å²) in [6, 6.07) is 17.1. The first-order valence-corrected chi connectivity index (χ1v) is 9.88. The van der Waals surface area contributed by atoms with E-state index in [1.165, 1.54) is 5.69 Å². The Kier molecular flexibility index (Phi) is 7.14. The largest absolute Gasteiger partial charge is 0.368 e. The molecule has 0 radical (unpaired) electrons. The van der Waals surface area contributed by atoms with Gasteiger partial charge >= 0.3 is 6.03 Å². The number of rotatable bonds is 6. The molecule has 0 saturated carbocycles. The molecule has 3 rings (SSSR count). The van der Waals surface area contributed by atoms with E-state index >= 15 is 0 Å². The van der Waals surface area contributed by atoms with Gasteiger partial charge in [0.05, 0.1) is 0 Å². The highest BCUT2D eigenvalue weighted by Crippen LogP contribution is 2.16. The monoisotopic (exact) mass is 400 g/mol. The molecule has 0 aliphatic carbocycles. The number of amides is 3. The summed E-state index contributed by atoms with van der Waals surface area (Å²) in [6.45, 7) is 3.50. The van der Waals surface area contributed by atoms with Crippen molar-refractivity contribution >= 4 is 34.9 Å². The Morgan fingerprint density at radius 1 is 0.929 bits per heavy atom. The van der Waals surface area contributed by atoms with E-state index in [4.69, 9.17) is 11.6 Å². The van der Waals surface area contributed by atoms with Crippen molar-refractivity contribution in [2.75, 3.05) is 42.9 Å². The van der Waals surface area contributed by atoms with Crippen molar-refractivity contribution < 1.29 is 9.59 Å². The number of urea groups is 1. The van der Waals surface area contributed by atoms with E-state index in [2.05, 4.69) is 27.7 Å². The fourth-order valence-corrected chi connectivity index (χ4v) is 3.25. The van der Waals surface area contributed by atoms with Gasteiger partial charge in [0.25, 0.3) is 0 Å². The van der Waals surface area contributed by atoms with Gasteiger partial charge in [-0.3, -0.25) is 4.79 Å². The van der Waals surface area contributed by atoms with Crippen molar-refractivity contribution in [1.29, 1.82) is 0 Å². The summed E-state index contributed by atoms with van der Waals surface area (Å²) in [6.07, 6.45) is 0.944. The molecule has 1 aliphatic heterocycles. The maximum absolute atomic E-state index is 12.3. The van der Waals surface area contributed by atoms with Crippen LogP contribution in [0.2, 0.25) is 5.02 Å². The molecule has 0 aromatic heterocycles. The molecule has 1 saturated heterocycles. The molecule has 28 heavy (non-hydrogen) atoms. The van der Waals surface area contributed by atoms with Crippen LogP contribution in [-0.2, 0) is 4.79 Å². The third-order valence-corrected chi connectivity index (χ3v) is 4.93. The summed E-state index contributed by atoms with van der Waals surface area (Å²) in [5, 5.41) is 6.35. The van der Waals surface area contributed by atoms with Gasteiger partial charge in [-0.05, 0) is 42.8 Å². The molecule has 1 fully saturated rings. The number of carbonyl (C=O) groups is 2. The number of benzene rings is 2. The van der Waals surface area contributed by atoms with Gasteiger partial charge in [0.1, 0.15) is 0 Å². The zero-order valence-corrected chi connectivity index (χ0v) is 16.5. The summed E-state index contributed by atoms with van der Waals surface area (Å²) >= 11 is 5.82. The van der Waals surface area contributed by atoms with E-state index in [0.29, 0.717) is 37.5 Å². The lowest BCUT2D eigenvalue weighted by atomic mass is 10.2. The quantitative estimate of drug-likeness (QED) is 0.728. The summed E-state index contributed by atoms with van der Waals surface area (Å²) in [7, 11) is 0. The number of carbonyl (C=O) groups excluding carboxylic acids is 2. The minimum atomic E-state index is -0.0759. The molecule has 7 heteroatoms. The Morgan fingerprint density at radius 3 is 2.29 bits per heavy atom.